The largest absolute Gasteiger partial charge is 0.379 e. The third kappa shape index (κ3) is 3.83. The van der Waals surface area contributed by atoms with Gasteiger partial charge in [0.05, 0.1) is 19.8 Å². The van der Waals surface area contributed by atoms with Gasteiger partial charge in [0.2, 0.25) is 5.95 Å². The third-order valence-electron chi connectivity index (χ3n) is 5.36. The highest BCUT2D eigenvalue weighted by Gasteiger charge is 2.19. The van der Waals surface area contributed by atoms with Crippen molar-refractivity contribution >= 4 is 17.1 Å². The van der Waals surface area contributed by atoms with Gasteiger partial charge in [0.25, 0.3) is 5.56 Å². The van der Waals surface area contributed by atoms with Crippen molar-refractivity contribution in [2.45, 2.75) is 6.54 Å². The van der Waals surface area contributed by atoms with Crippen LogP contribution in [0.1, 0.15) is 5.56 Å². The van der Waals surface area contributed by atoms with Crippen LogP contribution in [0.4, 0.5) is 5.95 Å². The smallest absolute Gasteiger partial charge is 0.332 e. The lowest BCUT2D eigenvalue weighted by Crippen LogP contribution is -2.39. The van der Waals surface area contributed by atoms with E-state index in [1.54, 1.807) is 18.7 Å². The molecular weight excluding hydrogens is 372 g/mol. The van der Waals surface area contributed by atoms with Crippen LogP contribution in [-0.2, 0) is 25.4 Å². The summed E-state index contributed by atoms with van der Waals surface area (Å²) in [5.74, 6) is 0.581. The summed E-state index contributed by atoms with van der Waals surface area (Å²) >= 11 is 0. The van der Waals surface area contributed by atoms with E-state index in [-0.39, 0.29) is 17.8 Å². The zero-order valence-electron chi connectivity index (χ0n) is 16.8. The van der Waals surface area contributed by atoms with Crippen LogP contribution in [0, 0.1) is 0 Å². The van der Waals surface area contributed by atoms with E-state index >= 15 is 0 Å². The average molecular weight is 398 g/mol. The first-order valence-electron chi connectivity index (χ1n) is 9.80. The summed E-state index contributed by atoms with van der Waals surface area (Å²) in [6.45, 7) is 5.15. The van der Waals surface area contributed by atoms with Crippen molar-refractivity contribution in [1.29, 1.82) is 0 Å². The highest BCUT2D eigenvalue weighted by Crippen LogP contribution is 2.13. The molecule has 1 saturated heterocycles. The van der Waals surface area contributed by atoms with Gasteiger partial charge in [0.15, 0.2) is 11.2 Å². The second-order valence-corrected chi connectivity index (χ2v) is 7.27. The monoisotopic (exact) mass is 398 g/mol. The van der Waals surface area contributed by atoms with Crippen molar-refractivity contribution in [2.24, 2.45) is 14.1 Å². The molecule has 0 saturated carbocycles. The summed E-state index contributed by atoms with van der Waals surface area (Å²) in [4.78, 5) is 32.7. The van der Waals surface area contributed by atoms with Crippen LogP contribution in [0.2, 0.25) is 0 Å². The van der Waals surface area contributed by atoms with Crippen molar-refractivity contribution < 1.29 is 4.74 Å². The molecule has 0 atom stereocenters. The Morgan fingerprint density at radius 3 is 2.52 bits per heavy atom. The minimum absolute atomic E-state index is 0.229. The summed E-state index contributed by atoms with van der Waals surface area (Å²) in [6, 6.07) is 9.49. The molecule has 1 fully saturated rings. The molecule has 29 heavy (non-hydrogen) atoms. The van der Waals surface area contributed by atoms with Gasteiger partial charge in [-0.2, -0.15) is 4.98 Å². The maximum Gasteiger partial charge on any atom is 0.332 e. The highest BCUT2D eigenvalue weighted by molar-refractivity contribution is 5.74. The fourth-order valence-electron chi connectivity index (χ4n) is 3.66. The SMILES string of the molecule is Cn1c(NCCN2CCOCC2)nc2c1c(=O)n(Cc1ccccc1)c(=O)n2C. The molecular formula is C20H26N6O3. The standard InChI is InChI=1S/C20H26N6O3/c1-23-16-17(22-19(23)21-8-9-25-10-12-29-13-11-25)24(2)20(28)26(18(16)27)14-15-6-4-3-5-7-15/h3-7H,8-14H2,1-2H3,(H,21,22). The predicted molar refractivity (Wildman–Crippen MR) is 112 cm³/mol. The highest BCUT2D eigenvalue weighted by atomic mass is 16.5. The number of ether oxygens (including phenoxy) is 1. The van der Waals surface area contributed by atoms with Gasteiger partial charge < -0.3 is 14.6 Å². The van der Waals surface area contributed by atoms with E-state index in [2.05, 4.69) is 15.2 Å². The number of aromatic nitrogens is 4. The summed E-state index contributed by atoms with van der Waals surface area (Å²) in [7, 11) is 3.45. The number of nitrogens with one attached hydrogen (secondary N) is 1. The van der Waals surface area contributed by atoms with E-state index in [0.717, 1.165) is 38.4 Å². The fourth-order valence-corrected chi connectivity index (χ4v) is 3.66. The fraction of sp³-hybridized carbons (Fsp3) is 0.450. The summed E-state index contributed by atoms with van der Waals surface area (Å²) in [5, 5.41) is 3.30. The molecule has 0 amide bonds. The van der Waals surface area contributed by atoms with Crippen LogP contribution in [0.3, 0.4) is 0 Å². The van der Waals surface area contributed by atoms with Gasteiger partial charge in [-0.3, -0.25) is 18.8 Å². The van der Waals surface area contributed by atoms with Crippen LogP contribution in [0.15, 0.2) is 39.9 Å². The molecule has 9 heteroatoms. The van der Waals surface area contributed by atoms with Crippen molar-refractivity contribution in [3.8, 4) is 0 Å². The summed E-state index contributed by atoms with van der Waals surface area (Å²) in [5.41, 5.74) is 1.00. The van der Waals surface area contributed by atoms with E-state index < -0.39 is 0 Å². The first kappa shape index (κ1) is 19.4. The van der Waals surface area contributed by atoms with Gasteiger partial charge in [0, 0.05) is 40.3 Å². The number of rotatable bonds is 6. The average Bonchev–Trinajstić information content (AvgIpc) is 3.08. The Hall–Kier alpha value is -2.91. The molecule has 0 bridgehead atoms. The Labute approximate surface area is 168 Å². The first-order valence-corrected chi connectivity index (χ1v) is 9.80. The van der Waals surface area contributed by atoms with Gasteiger partial charge >= 0.3 is 5.69 Å². The minimum Gasteiger partial charge on any atom is -0.379 e. The third-order valence-corrected chi connectivity index (χ3v) is 5.36. The lowest BCUT2D eigenvalue weighted by molar-refractivity contribution is 0.0398. The second-order valence-electron chi connectivity index (χ2n) is 7.27. The number of nitrogens with zero attached hydrogens (tertiary/aromatic N) is 5. The second kappa shape index (κ2) is 8.22. The van der Waals surface area contributed by atoms with Crippen molar-refractivity contribution in [3.63, 3.8) is 0 Å². The Morgan fingerprint density at radius 2 is 1.79 bits per heavy atom. The molecule has 3 aromatic rings. The summed E-state index contributed by atoms with van der Waals surface area (Å²) in [6.07, 6.45) is 0. The molecule has 154 valence electrons. The van der Waals surface area contributed by atoms with Crippen molar-refractivity contribution in [3.05, 3.63) is 56.7 Å². The Kier molecular flexibility index (Phi) is 5.50. The number of benzene rings is 1. The molecule has 0 radical (unpaired) electrons. The zero-order valence-corrected chi connectivity index (χ0v) is 16.8. The van der Waals surface area contributed by atoms with Crippen molar-refractivity contribution in [1.82, 2.24) is 23.6 Å². The molecule has 9 nitrogen and oxygen atoms in total. The number of imidazole rings is 1. The summed E-state index contributed by atoms with van der Waals surface area (Å²) < 4.78 is 9.80. The van der Waals surface area contributed by atoms with Crippen molar-refractivity contribution in [2.75, 3.05) is 44.7 Å². The quantitative estimate of drug-likeness (QED) is 0.640. The van der Waals surface area contributed by atoms with Gasteiger partial charge in [-0.25, -0.2) is 4.79 Å². The lowest BCUT2D eigenvalue weighted by Gasteiger charge is -2.26. The molecule has 1 aromatic carbocycles. The first-order chi connectivity index (χ1) is 14.1. The number of hydrogen-bond donors (Lipinski definition) is 1. The number of fused-ring (bicyclic) bond motifs is 1. The van der Waals surface area contributed by atoms with Crippen LogP contribution in [0.5, 0.6) is 0 Å². The molecule has 0 unspecified atom stereocenters. The minimum atomic E-state index is -0.371. The zero-order chi connectivity index (χ0) is 20.4. The van der Waals surface area contributed by atoms with Gasteiger partial charge in [-0.1, -0.05) is 30.3 Å². The molecule has 1 aliphatic rings. The molecule has 0 spiro atoms. The van der Waals surface area contributed by atoms with Crippen LogP contribution in [-0.4, -0.2) is 63.0 Å². The maximum atomic E-state index is 13.1. The van der Waals surface area contributed by atoms with E-state index in [1.165, 1.54) is 9.13 Å². The predicted octanol–water partition coefficient (Wildman–Crippen LogP) is 0.226. The number of hydrogen-bond acceptors (Lipinski definition) is 6. The van der Waals surface area contributed by atoms with Crippen LogP contribution < -0.4 is 16.6 Å². The molecule has 1 N–H and O–H groups in total. The van der Waals surface area contributed by atoms with E-state index in [0.29, 0.717) is 23.7 Å². The molecule has 3 heterocycles. The van der Waals surface area contributed by atoms with Gasteiger partial charge in [-0.15, -0.1) is 0 Å². The number of anilines is 1. The number of morpholine rings is 1. The molecule has 4 rings (SSSR count). The molecule has 2 aromatic heterocycles. The van der Waals surface area contributed by atoms with E-state index in [4.69, 9.17) is 4.74 Å². The van der Waals surface area contributed by atoms with E-state index in [1.807, 2.05) is 30.3 Å². The van der Waals surface area contributed by atoms with Gasteiger partial charge in [-0.05, 0) is 5.56 Å². The Balaban J connectivity index is 1.62. The normalized spacial score (nSPS) is 15.1. The topological polar surface area (TPSA) is 86.3 Å². The number of aryl methyl sites for hydroxylation is 2. The Morgan fingerprint density at radius 1 is 1.07 bits per heavy atom. The molecule has 1 aliphatic heterocycles. The van der Waals surface area contributed by atoms with Gasteiger partial charge in [0.1, 0.15) is 0 Å². The molecule has 0 aliphatic carbocycles. The Bertz CT molecular complexity index is 1110. The van der Waals surface area contributed by atoms with Crippen LogP contribution >= 0.6 is 0 Å². The van der Waals surface area contributed by atoms with E-state index in [9.17, 15) is 9.59 Å². The lowest BCUT2D eigenvalue weighted by atomic mass is 10.2. The van der Waals surface area contributed by atoms with Crippen LogP contribution in [0.25, 0.3) is 11.2 Å². The maximum absolute atomic E-state index is 13.1.